The van der Waals surface area contributed by atoms with Gasteiger partial charge in [0.1, 0.15) is 0 Å². The number of sulfonamides is 1. The van der Waals surface area contributed by atoms with Crippen molar-refractivity contribution in [1.29, 1.82) is 0 Å². The second kappa shape index (κ2) is 12.2. The fourth-order valence-corrected chi connectivity index (χ4v) is 2.10. The fourth-order valence-electron chi connectivity index (χ4n) is 1.23. The normalized spacial score (nSPS) is 11.4. The molecule has 0 aliphatic carbocycles. The molecule has 7 heteroatoms. The van der Waals surface area contributed by atoms with Crippen molar-refractivity contribution in [2.24, 2.45) is 0 Å². The van der Waals surface area contributed by atoms with Crippen LogP contribution in [0, 0.1) is 0 Å². The van der Waals surface area contributed by atoms with Gasteiger partial charge < -0.3 is 9.90 Å². The number of carboxylic acids is 1. The molecule has 18 heavy (non-hydrogen) atoms. The van der Waals surface area contributed by atoms with Gasteiger partial charge in [0.05, 0.1) is 0 Å². The molecule has 100 valence electrons. The van der Waals surface area contributed by atoms with Crippen molar-refractivity contribution in [2.75, 3.05) is 6.54 Å². The van der Waals surface area contributed by atoms with Crippen LogP contribution < -0.4 is 39.4 Å². The van der Waals surface area contributed by atoms with Gasteiger partial charge in [0, 0.05) is 24.3 Å². The monoisotopic (exact) mass is 285 g/mol. The van der Waals surface area contributed by atoms with Gasteiger partial charge in [-0.1, -0.05) is 32.3 Å². The molecule has 0 rings (SSSR count). The van der Waals surface area contributed by atoms with Crippen LogP contribution in [0.4, 0.5) is 0 Å². The summed E-state index contributed by atoms with van der Waals surface area (Å²) in [6, 6.07) is 0. The van der Waals surface area contributed by atoms with E-state index in [4.69, 9.17) is 0 Å². The van der Waals surface area contributed by atoms with E-state index in [0.717, 1.165) is 37.5 Å². The fraction of sp³-hybridized carbons (Fsp3) is 0.727. The molecule has 0 aromatic rings. The van der Waals surface area contributed by atoms with Crippen LogP contribution in [-0.2, 0) is 14.8 Å². The number of carboxylic acid groups (broad SMARTS) is 1. The standard InChI is InChI=1S/C11H21NO4S.Na/c1-2-3-4-5-6-7-10-17(15,16)12-9-8-11(13)14;/h7,10,12H,2-6,8-9H2,1H3,(H,13,14);/q;+1/p-1/b10-7+;. The number of rotatable bonds is 10. The average molecular weight is 285 g/mol. The third-order valence-electron chi connectivity index (χ3n) is 2.13. The molecule has 5 nitrogen and oxygen atoms in total. The Hall–Kier alpha value is 0.120. The van der Waals surface area contributed by atoms with Crippen LogP contribution in [0.2, 0.25) is 0 Å². The van der Waals surface area contributed by atoms with Gasteiger partial charge in [-0.2, -0.15) is 0 Å². The van der Waals surface area contributed by atoms with Gasteiger partial charge >= 0.3 is 29.6 Å². The second-order valence-corrected chi connectivity index (χ2v) is 5.43. The van der Waals surface area contributed by atoms with Crippen LogP contribution in [0.15, 0.2) is 11.5 Å². The number of nitrogens with one attached hydrogen (secondary N) is 1. The minimum absolute atomic E-state index is 0. The Bertz CT molecular complexity index is 341. The molecule has 0 saturated carbocycles. The Balaban J connectivity index is 0. The molecule has 0 aromatic carbocycles. The third kappa shape index (κ3) is 14.2. The van der Waals surface area contributed by atoms with Crippen molar-refractivity contribution in [2.45, 2.75) is 45.4 Å². The van der Waals surface area contributed by atoms with Crippen molar-refractivity contribution in [3.05, 3.63) is 11.5 Å². The molecule has 0 aromatic heterocycles. The molecule has 0 atom stereocenters. The SMILES string of the molecule is CCCCCC/C=C/S(=O)(=O)NCCC(=O)[O-].[Na+]. The van der Waals surface area contributed by atoms with Gasteiger partial charge in [0.15, 0.2) is 0 Å². The van der Waals surface area contributed by atoms with Crippen molar-refractivity contribution < 1.29 is 47.9 Å². The zero-order valence-electron chi connectivity index (χ0n) is 11.1. The van der Waals surface area contributed by atoms with Crippen molar-refractivity contribution in [3.63, 3.8) is 0 Å². The Labute approximate surface area is 131 Å². The van der Waals surface area contributed by atoms with E-state index < -0.39 is 16.0 Å². The molecule has 1 N–H and O–H groups in total. The minimum Gasteiger partial charge on any atom is -0.550 e. The van der Waals surface area contributed by atoms with Crippen LogP contribution in [0.25, 0.3) is 0 Å². The Morgan fingerprint density at radius 3 is 2.50 bits per heavy atom. The summed E-state index contributed by atoms with van der Waals surface area (Å²) in [5.41, 5.74) is 0. The molecule has 0 spiro atoms. The van der Waals surface area contributed by atoms with E-state index in [9.17, 15) is 18.3 Å². The molecule has 0 aliphatic heterocycles. The van der Waals surface area contributed by atoms with E-state index in [-0.39, 0.29) is 42.5 Å². The summed E-state index contributed by atoms with van der Waals surface area (Å²) in [4.78, 5) is 10.1. The zero-order valence-corrected chi connectivity index (χ0v) is 14.0. The number of carbonyl (C=O) groups excluding carboxylic acids is 1. The largest absolute Gasteiger partial charge is 1.00 e. The summed E-state index contributed by atoms with van der Waals surface area (Å²) in [6.07, 6.45) is 6.37. The zero-order chi connectivity index (χ0) is 13.1. The molecule has 0 amide bonds. The van der Waals surface area contributed by atoms with Crippen molar-refractivity contribution in [3.8, 4) is 0 Å². The van der Waals surface area contributed by atoms with E-state index in [0.29, 0.717) is 0 Å². The Morgan fingerprint density at radius 1 is 1.28 bits per heavy atom. The van der Waals surface area contributed by atoms with Crippen LogP contribution >= 0.6 is 0 Å². The summed E-state index contributed by atoms with van der Waals surface area (Å²) in [5, 5.41) is 11.2. The third-order valence-corrected chi connectivity index (χ3v) is 3.29. The van der Waals surface area contributed by atoms with E-state index in [1.807, 2.05) is 0 Å². The van der Waals surface area contributed by atoms with E-state index in [1.54, 1.807) is 6.08 Å². The van der Waals surface area contributed by atoms with Crippen molar-refractivity contribution in [1.82, 2.24) is 4.72 Å². The number of aliphatic carboxylic acids is 1. The summed E-state index contributed by atoms with van der Waals surface area (Å²) < 4.78 is 24.7. The van der Waals surface area contributed by atoms with Crippen LogP contribution in [0.5, 0.6) is 0 Å². The first-order chi connectivity index (χ1) is 7.98. The molecule has 0 radical (unpaired) electrons. The van der Waals surface area contributed by atoms with E-state index in [1.165, 1.54) is 0 Å². The van der Waals surface area contributed by atoms with Gasteiger partial charge in [-0.25, -0.2) is 13.1 Å². The Kier molecular flexibility index (Phi) is 13.8. The molecule has 0 bridgehead atoms. The van der Waals surface area contributed by atoms with E-state index >= 15 is 0 Å². The summed E-state index contributed by atoms with van der Waals surface area (Å²) >= 11 is 0. The molecule has 0 fully saturated rings. The number of carbonyl (C=O) groups is 1. The number of hydrogen-bond acceptors (Lipinski definition) is 4. The maximum absolute atomic E-state index is 11.3. The van der Waals surface area contributed by atoms with Gasteiger partial charge in [-0.3, -0.25) is 0 Å². The summed E-state index contributed by atoms with van der Waals surface area (Å²) in [5.74, 6) is -1.27. The van der Waals surface area contributed by atoms with Crippen LogP contribution in [0.1, 0.15) is 45.4 Å². The molecular formula is C11H20NNaO4S. The average Bonchev–Trinajstić information content (AvgIpc) is 2.22. The second-order valence-electron chi connectivity index (χ2n) is 3.78. The molecule has 0 saturated heterocycles. The molecule has 0 unspecified atom stereocenters. The first-order valence-electron chi connectivity index (χ1n) is 5.84. The number of allylic oxidation sites excluding steroid dienone is 1. The topological polar surface area (TPSA) is 86.3 Å². The first-order valence-corrected chi connectivity index (χ1v) is 7.38. The van der Waals surface area contributed by atoms with E-state index in [2.05, 4.69) is 11.6 Å². The van der Waals surface area contributed by atoms with Crippen LogP contribution in [-0.4, -0.2) is 20.9 Å². The molecule has 0 aliphatic rings. The predicted octanol–water partition coefficient (Wildman–Crippen LogP) is -2.47. The van der Waals surface area contributed by atoms with Crippen LogP contribution in [0.3, 0.4) is 0 Å². The molecular weight excluding hydrogens is 265 g/mol. The summed E-state index contributed by atoms with van der Waals surface area (Å²) in [7, 11) is -3.49. The van der Waals surface area contributed by atoms with Gasteiger partial charge in [-0.15, -0.1) is 0 Å². The van der Waals surface area contributed by atoms with Gasteiger partial charge in [0.25, 0.3) is 0 Å². The van der Waals surface area contributed by atoms with Gasteiger partial charge in [-0.05, 0) is 12.8 Å². The summed E-state index contributed by atoms with van der Waals surface area (Å²) in [6.45, 7) is 1.98. The maximum Gasteiger partial charge on any atom is 1.00 e. The minimum atomic E-state index is -3.49. The first kappa shape index (κ1) is 20.4. The van der Waals surface area contributed by atoms with Gasteiger partial charge in [0.2, 0.25) is 10.0 Å². The number of hydrogen-bond donors (Lipinski definition) is 1. The Morgan fingerprint density at radius 2 is 1.94 bits per heavy atom. The quantitative estimate of drug-likeness (QED) is 0.356. The maximum atomic E-state index is 11.3. The smallest absolute Gasteiger partial charge is 0.550 e. The molecule has 0 heterocycles. The number of unbranched alkanes of at least 4 members (excludes halogenated alkanes) is 4. The predicted molar refractivity (Wildman–Crippen MR) is 64.4 cm³/mol. The van der Waals surface area contributed by atoms with Crippen molar-refractivity contribution >= 4 is 16.0 Å².